The van der Waals surface area contributed by atoms with Gasteiger partial charge >= 0.3 is 5.97 Å². The maximum Gasteiger partial charge on any atom is 0.337 e. The van der Waals surface area contributed by atoms with E-state index < -0.39 is 12.0 Å². The van der Waals surface area contributed by atoms with Gasteiger partial charge in [0.25, 0.3) is 5.56 Å². The van der Waals surface area contributed by atoms with Crippen LogP contribution in [0.4, 0.5) is 0 Å². The Morgan fingerprint density at radius 2 is 1.87 bits per heavy atom. The fraction of sp³-hybridized carbons (Fsp3) is 0.259. The number of ether oxygens (including phenoxy) is 4. The lowest BCUT2D eigenvalue weighted by Gasteiger charge is -2.23. The van der Waals surface area contributed by atoms with Crippen molar-refractivity contribution in [1.82, 2.24) is 4.57 Å². The smallest absolute Gasteiger partial charge is 0.337 e. The van der Waals surface area contributed by atoms with Crippen molar-refractivity contribution in [2.45, 2.75) is 19.9 Å². The molecule has 1 aromatic heterocycles. The summed E-state index contributed by atoms with van der Waals surface area (Å²) in [6.45, 7) is 4.59. The molecular weight excluding hydrogens is 621 g/mol. The molecule has 3 aromatic rings. The molecule has 0 N–H and O–H groups in total. The molecule has 196 valence electrons. The van der Waals surface area contributed by atoms with E-state index in [0.717, 1.165) is 9.13 Å². The number of rotatable bonds is 9. The molecular formula is C27H24IN3O6S. The van der Waals surface area contributed by atoms with Gasteiger partial charge in [-0.25, -0.2) is 9.79 Å². The van der Waals surface area contributed by atoms with E-state index in [1.54, 1.807) is 30.3 Å². The second-order valence-electron chi connectivity index (χ2n) is 7.88. The van der Waals surface area contributed by atoms with Gasteiger partial charge in [0, 0.05) is 6.20 Å². The van der Waals surface area contributed by atoms with Crippen LogP contribution in [-0.2, 0) is 9.53 Å². The first-order valence-corrected chi connectivity index (χ1v) is 13.6. The molecule has 0 saturated heterocycles. The molecule has 2 heterocycles. The molecule has 1 aliphatic rings. The first-order valence-electron chi connectivity index (χ1n) is 11.7. The number of benzene rings is 2. The predicted molar refractivity (Wildman–Crippen MR) is 150 cm³/mol. The highest BCUT2D eigenvalue weighted by Crippen LogP contribution is 2.35. The van der Waals surface area contributed by atoms with Gasteiger partial charge in [-0.1, -0.05) is 23.5 Å². The maximum atomic E-state index is 13.7. The van der Waals surface area contributed by atoms with E-state index in [1.165, 1.54) is 29.2 Å². The topological polar surface area (TPSA) is 112 Å². The highest BCUT2D eigenvalue weighted by molar-refractivity contribution is 14.1. The van der Waals surface area contributed by atoms with Gasteiger partial charge in [-0.2, -0.15) is 5.26 Å². The minimum Gasteiger partial charge on any atom is -0.490 e. The van der Waals surface area contributed by atoms with E-state index in [1.807, 2.05) is 32.0 Å². The van der Waals surface area contributed by atoms with Gasteiger partial charge in [-0.3, -0.25) is 9.36 Å². The van der Waals surface area contributed by atoms with Crippen LogP contribution >= 0.6 is 33.9 Å². The number of nitrogens with zero attached hydrogens (tertiary/aromatic N) is 3. The van der Waals surface area contributed by atoms with Crippen molar-refractivity contribution < 1.29 is 23.7 Å². The monoisotopic (exact) mass is 645 g/mol. The summed E-state index contributed by atoms with van der Waals surface area (Å²) in [6, 6.07) is 12.0. The highest BCUT2D eigenvalue weighted by atomic mass is 127. The molecule has 0 aliphatic carbocycles. The van der Waals surface area contributed by atoms with Gasteiger partial charge in [0.1, 0.15) is 11.8 Å². The Bertz CT molecular complexity index is 1620. The highest BCUT2D eigenvalue weighted by Gasteiger charge is 2.31. The fourth-order valence-electron chi connectivity index (χ4n) is 3.97. The van der Waals surface area contributed by atoms with Crippen LogP contribution in [0.1, 0.15) is 31.0 Å². The van der Waals surface area contributed by atoms with Gasteiger partial charge in [0.05, 0.1) is 40.0 Å². The lowest BCUT2D eigenvalue weighted by molar-refractivity contribution is -0.136. The number of hydrogen-bond donors (Lipinski definition) is 0. The van der Waals surface area contributed by atoms with E-state index in [-0.39, 0.29) is 17.7 Å². The zero-order valence-corrected chi connectivity index (χ0v) is 23.9. The minimum atomic E-state index is -0.766. The van der Waals surface area contributed by atoms with Gasteiger partial charge in [-0.05, 0) is 77.9 Å². The van der Waals surface area contributed by atoms with Crippen molar-refractivity contribution in [3.05, 3.63) is 82.6 Å². The zero-order chi connectivity index (χ0) is 27.2. The molecule has 4 rings (SSSR count). The van der Waals surface area contributed by atoms with Gasteiger partial charge < -0.3 is 18.9 Å². The summed E-state index contributed by atoms with van der Waals surface area (Å²) in [4.78, 5) is 31.3. The summed E-state index contributed by atoms with van der Waals surface area (Å²) in [5, 5.41) is 8.76. The number of esters is 1. The molecule has 0 unspecified atom stereocenters. The summed E-state index contributed by atoms with van der Waals surface area (Å²) in [5.41, 5.74) is 1.38. The summed E-state index contributed by atoms with van der Waals surface area (Å²) in [5.74, 6) is 1.10. The minimum absolute atomic E-state index is 0.0486. The third kappa shape index (κ3) is 5.61. The molecule has 0 fully saturated rings. The predicted octanol–water partition coefficient (Wildman–Crippen LogP) is 3.32. The number of hydrogen-bond acceptors (Lipinski definition) is 9. The SMILES string of the molecule is CCOc1ccc([C@@H]2C(C(=O)OC)=CN=c3s/c(=C\c4ccc(OCC#N)c(I)c4)c(=O)n32)cc1OCC. The number of methoxy groups -OCH3 is 1. The van der Waals surface area contributed by atoms with Crippen molar-refractivity contribution in [3.8, 4) is 23.3 Å². The summed E-state index contributed by atoms with van der Waals surface area (Å²) >= 11 is 3.35. The first kappa shape index (κ1) is 27.4. The molecule has 0 amide bonds. The van der Waals surface area contributed by atoms with Crippen LogP contribution in [0.25, 0.3) is 6.08 Å². The Kier molecular flexibility index (Phi) is 8.85. The Labute approximate surface area is 236 Å². The molecule has 0 saturated carbocycles. The van der Waals surface area contributed by atoms with Crippen LogP contribution in [0.2, 0.25) is 0 Å². The second-order valence-corrected chi connectivity index (χ2v) is 10.1. The number of thiazole rings is 1. The van der Waals surface area contributed by atoms with Crippen molar-refractivity contribution in [2.75, 3.05) is 26.9 Å². The quantitative estimate of drug-likeness (QED) is 0.259. The van der Waals surface area contributed by atoms with E-state index in [9.17, 15) is 9.59 Å². The van der Waals surface area contributed by atoms with E-state index in [4.69, 9.17) is 24.2 Å². The molecule has 0 bridgehead atoms. The van der Waals surface area contributed by atoms with Crippen LogP contribution in [0.5, 0.6) is 17.2 Å². The van der Waals surface area contributed by atoms with Crippen molar-refractivity contribution >= 4 is 46.0 Å². The van der Waals surface area contributed by atoms with E-state index >= 15 is 0 Å². The van der Waals surface area contributed by atoms with Gasteiger partial charge in [0.15, 0.2) is 22.9 Å². The molecule has 11 heteroatoms. The van der Waals surface area contributed by atoms with Crippen molar-refractivity contribution in [3.63, 3.8) is 0 Å². The number of fused-ring (bicyclic) bond motifs is 1. The first-order chi connectivity index (χ1) is 18.4. The number of halogens is 1. The van der Waals surface area contributed by atoms with Crippen molar-refractivity contribution in [2.24, 2.45) is 4.99 Å². The maximum absolute atomic E-state index is 13.7. The van der Waals surface area contributed by atoms with Gasteiger partial charge in [0.2, 0.25) is 0 Å². The number of nitriles is 1. The molecule has 1 atom stereocenters. The molecule has 9 nitrogen and oxygen atoms in total. The van der Waals surface area contributed by atoms with Crippen LogP contribution in [0, 0.1) is 14.9 Å². The van der Waals surface area contributed by atoms with Crippen molar-refractivity contribution in [1.29, 1.82) is 5.26 Å². The number of carbonyl (C=O) groups is 1. The standard InChI is InChI=1S/C27H24IN3O6S/c1-4-35-21-9-7-17(14-22(21)36-5-2)24-18(26(33)34-3)15-30-27-31(24)25(32)23(38-27)13-16-6-8-20(19(28)12-16)37-11-10-29/h6-9,12-15,24H,4-5,11H2,1-3H3/b23-13-/t24-/m1/s1. The van der Waals surface area contributed by atoms with Crippen LogP contribution in [-0.4, -0.2) is 37.5 Å². The molecule has 2 aromatic carbocycles. The average molecular weight is 645 g/mol. The third-order valence-electron chi connectivity index (χ3n) is 5.55. The molecule has 0 spiro atoms. The fourth-order valence-corrected chi connectivity index (χ4v) is 5.64. The largest absolute Gasteiger partial charge is 0.490 e. The average Bonchev–Trinajstić information content (AvgIpc) is 3.23. The molecule has 0 radical (unpaired) electrons. The van der Waals surface area contributed by atoms with Crippen LogP contribution < -0.4 is 29.1 Å². The molecule has 38 heavy (non-hydrogen) atoms. The second kappa shape index (κ2) is 12.3. The van der Waals surface area contributed by atoms with E-state index in [2.05, 4.69) is 27.6 Å². The lowest BCUT2D eigenvalue weighted by atomic mass is 9.97. The van der Waals surface area contributed by atoms with E-state index in [0.29, 0.717) is 45.4 Å². The summed E-state index contributed by atoms with van der Waals surface area (Å²) in [6.07, 6.45) is 3.22. The Morgan fingerprint density at radius 3 is 2.55 bits per heavy atom. The lowest BCUT2D eigenvalue weighted by Crippen LogP contribution is -2.39. The number of aromatic nitrogens is 1. The van der Waals surface area contributed by atoms with Crippen LogP contribution in [0.3, 0.4) is 0 Å². The third-order valence-corrected chi connectivity index (χ3v) is 7.39. The Balaban J connectivity index is 1.84. The Morgan fingerprint density at radius 1 is 1.13 bits per heavy atom. The summed E-state index contributed by atoms with van der Waals surface area (Å²) in [7, 11) is 1.29. The van der Waals surface area contributed by atoms with Gasteiger partial charge in [-0.15, -0.1) is 0 Å². The summed E-state index contributed by atoms with van der Waals surface area (Å²) < 4.78 is 24.7. The number of carbonyl (C=O) groups excluding carboxylic acids is 1. The molecule has 1 aliphatic heterocycles. The normalized spacial score (nSPS) is 14.6. The Hall–Kier alpha value is -3.63. The zero-order valence-electron chi connectivity index (χ0n) is 20.9. The van der Waals surface area contributed by atoms with Crippen LogP contribution in [0.15, 0.2) is 58.0 Å².